The van der Waals surface area contributed by atoms with Gasteiger partial charge in [-0.1, -0.05) is 26.0 Å². The van der Waals surface area contributed by atoms with E-state index in [2.05, 4.69) is 29.5 Å². The normalized spacial score (nSPS) is 10.4. The number of aromatic nitrogens is 1. The van der Waals surface area contributed by atoms with Gasteiger partial charge in [0.25, 0.3) is 5.91 Å². The van der Waals surface area contributed by atoms with E-state index >= 15 is 0 Å². The number of anilines is 2. The van der Waals surface area contributed by atoms with Crippen molar-refractivity contribution in [2.75, 3.05) is 17.7 Å². The molecule has 1 aromatic carbocycles. The minimum absolute atomic E-state index is 0.155. The summed E-state index contributed by atoms with van der Waals surface area (Å²) >= 11 is 0. The van der Waals surface area contributed by atoms with E-state index in [0.717, 1.165) is 11.5 Å². The third kappa shape index (κ3) is 3.35. The molecule has 0 atom stereocenters. The van der Waals surface area contributed by atoms with Gasteiger partial charge >= 0.3 is 0 Å². The minimum Gasteiger partial charge on any atom is -0.373 e. The van der Waals surface area contributed by atoms with Crippen molar-refractivity contribution in [1.29, 1.82) is 0 Å². The molecule has 0 aliphatic rings. The van der Waals surface area contributed by atoms with E-state index in [-0.39, 0.29) is 5.91 Å². The standard InChI is InChI=1S/C16H19N3O/c1-11(2)12-4-7-14(8-5-12)19-16(20)13-6-9-15(17-3)18-10-13/h4-11H,1-3H3,(H,17,18)(H,19,20). The van der Waals surface area contributed by atoms with Crippen molar-refractivity contribution in [1.82, 2.24) is 4.98 Å². The summed E-state index contributed by atoms with van der Waals surface area (Å²) in [6, 6.07) is 11.4. The highest BCUT2D eigenvalue weighted by Crippen LogP contribution is 2.17. The predicted octanol–water partition coefficient (Wildman–Crippen LogP) is 3.50. The smallest absolute Gasteiger partial charge is 0.257 e. The maximum Gasteiger partial charge on any atom is 0.257 e. The van der Waals surface area contributed by atoms with Crippen LogP contribution in [0.15, 0.2) is 42.6 Å². The maximum absolute atomic E-state index is 12.1. The average molecular weight is 269 g/mol. The van der Waals surface area contributed by atoms with Crippen LogP contribution in [0, 0.1) is 0 Å². The first-order valence-electron chi connectivity index (χ1n) is 6.65. The van der Waals surface area contributed by atoms with Gasteiger partial charge in [-0.15, -0.1) is 0 Å². The highest BCUT2D eigenvalue weighted by Gasteiger charge is 2.07. The number of nitrogens with one attached hydrogen (secondary N) is 2. The molecule has 0 fully saturated rings. The van der Waals surface area contributed by atoms with Crippen LogP contribution in [0.2, 0.25) is 0 Å². The van der Waals surface area contributed by atoms with E-state index in [1.54, 1.807) is 25.4 Å². The molecule has 104 valence electrons. The van der Waals surface area contributed by atoms with Crippen molar-refractivity contribution in [3.63, 3.8) is 0 Å². The van der Waals surface area contributed by atoms with Crippen LogP contribution in [0.25, 0.3) is 0 Å². The van der Waals surface area contributed by atoms with Gasteiger partial charge in [0.1, 0.15) is 5.82 Å². The Morgan fingerprint density at radius 1 is 1.10 bits per heavy atom. The fourth-order valence-electron chi connectivity index (χ4n) is 1.83. The van der Waals surface area contributed by atoms with Crippen LogP contribution < -0.4 is 10.6 Å². The molecule has 20 heavy (non-hydrogen) atoms. The van der Waals surface area contributed by atoms with E-state index in [0.29, 0.717) is 11.5 Å². The van der Waals surface area contributed by atoms with E-state index in [9.17, 15) is 4.79 Å². The molecule has 2 N–H and O–H groups in total. The molecule has 1 amide bonds. The Morgan fingerprint density at radius 3 is 2.30 bits per heavy atom. The largest absolute Gasteiger partial charge is 0.373 e. The lowest BCUT2D eigenvalue weighted by molar-refractivity contribution is 0.102. The third-order valence-corrected chi connectivity index (χ3v) is 3.12. The zero-order valence-electron chi connectivity index (χ0n) is 12.0. The molecule has 2 aromatic rings. The van der Waals surface area contributed by atoms with E-state index in [1.807, 2.05) is 24.3 Å². The first-order valence-corrected chi connectivity index (χ1v) is 6.65. The summed E-state index contributed by atoms with van der Waals surface area (Å²) in [5.74, 6) is 1.07. The summed E-state index contributed by atoms with van der Waals surface area (Å²) in [5, 5.41) is 5.78. The average Bonchev–Trinajstić information content (AvgIpc) is 2.48. The van der Waals surface area contributed by atoms with Gasteiger partial charge in [-0.05, 0) is 35.7 Å². The van der Waals surface area contributed by atoms with Gasteiger partial charge in [0.05, 0.1) is 5.56 Å². The van der Waals surface area contributed by atoms with E-state index in [1.165, 1.54) is 5.56 Å². The molecule has 0 radical (unpaired) electrons. The molecule has 4 nitrogen and oxygen atoms in total. The number of carbonyl (C=O) groups is 1. The Labute approximate surface area is 119 Å². The monoisotopic (exact) mass is 269 g/mol. The van der Waals surface area contributed by atoms with Gasteiger partial charge in [0.2, 0.25) is 0 Å². The van der Waals surface area contributed by atoms with Gasteiger partial charge in [0, 0.05) is 18.9 Å². The molecule has 4 heteroatoms. The Bertz CT molecular complexity index is 574. The number of rotatable bonds is 4. The number of benzene rings is 1. The molecule has 1 heterocycles. The topological polar surface area (TPSA) is 54.0 Å². The summed E-state index contributed by atoms with van der Waals surface area (Å²) in [6.45, 7) is 4.28. The quantitative estimate of drug-likeness (QED) is 0.893. The van der Waals surface area contributed by atoms with Gasteiger partial charge < -0.3 is 10.6 Å². The first-order chi connectivity index (χ1) is 9.60. The molecular weight excluding hydrogens is 250 g/mol. The molecule has 0 saturated carbocycles. The molecule has 0 bridgehead atoms. The lowest BCUT2D eigenvalue weighted by Gasteiger charge is -2.08. The second-order valence-corrected chi connectivity index (χ2v) is 4.91. The summed E-state index contributed by atoms with van der Waals surface area (Å²) in [6.07, 6.45) is 1.56. The number of nitrogens with zero attached hydrogens (tertiary/aromatic N) is 1. The summed E-state index contributed by atoms with van der Waals surface area (Å²) in [5.41, 5.74) is 2.58. The van der Waals surface area contributed by atoms with Crippen LogP contribution >= 0.6 is 0 Å². The Balaban J connectivity index is 2.06. The lowest BCUT2D eigenvalue weighted by atomic mass is 10.0. The zero-order chi connectivity index (χ0) is 14.5. The summed E-state index contributed by atoms with van der Waals surface area (Å²) in [7, 11) is 1.79. The predicted molar refractivity (Wildman–Crippen MR) is 82.3 cm³/mol. The Morgan fingerprint density at radius 2 is 1.80 bits per heavy atom. The third-order valence-electron chi connectivity index (χ3n) is 3.12. The zero-order valence-corrected chi connectivity index (χ0v) is 12.0. The van der Waals surface area contributed by atoms with Crippen LogP contribution in [-0.2, 0) is 0 Å². The summed E-state index contributed by atoms with van der Waals surface area (Å²) < 4.78 is 0. The van der Waals surface area contributed by atoms with E-state index < -0.39 is 0 Å². The number of carbonyl (C=O) groups excluding carboxylic acids is 1. The number of amides is 1. The second kappa shape index (κ2) is 6.19. The van der Waals surface area contributed by atoms with Gasteiger partial charge in [-0.2, -0.15) is 0 Å². The number of pyridine rings is 1. The van der Waals surface area contributed by atoms with Crippen molar-refractivity contribution >= 4 is 17.4 Å². The van der Waals surface area contributed by atoms with Crippen molar-refractivity contribution in [2.24, 2.45) is 0 Å². The second-order valence-electron chi connectivity index (χ2n) is 4.91. The van der Waals surface area contributed by atoms with Gasteiger partial charge in [0.15, 0.2) is 0 Å². The maximum atomic E-state index is 12.1. The Kier molecular flexibility index (Phi) is 4.35. The van der Waals surface area contributed by atoms with Crippen molar-refractivity contribution in [2.45, 2.75) is 19.8 Å². The fraction of sp³-hybridized carbons (Fsp3) is 0.250. The van der Waals surface area contributed by atoms with Crippen LogP contribution in [0.4, 0.5) is 11.5 Å². The fourth-order valence-corrected chi connectivity index (χ4v) is 1.83. The Hall–Kier alpha value is -2.36. The van der Waals surface area contributed by atoms with Crippen LogP contribution in [-0.4, -0.2) is 17.9 Å². The van der Waals surface area contributed by atoms with Crippen molar-refractivity contribution in [3.8, 4) is 0 Å². The number of hydrogen-bond donors (Lipinski definition) is 2. The highest BCUT2D eigenvalue weighted by molar-refractivity contribution is 6.04. The molecule has 0 aliphatic carbocycles. The lowest BCUT2D eigenvalue weighted by Crippen LogP contribution is -2.12. The van der Waals surface area contributed by atoms with Crippen LogP contribution in [0.1, 0.15) is 35.7 Å². The van der Waals surface area contributed by atoms with E-state index in [4.69, 9.17) is 0 Å². The molecule has 0 spiro atoms. The SMILES string of the molecule is CNc1ccc(C(=O)Nc2ccc(C(C)C)cc2)cn1. The van der Waals surface area contributed by atoms with Gasteiger partial charge in [-0.3, -0.25) is 4.79 Å². The van der Waals surface area contributed by atoms with Crippen molar-refractivity contribution in [3.05, 3.63) is 53.7 Å². The molecule has 0 unspecified atom stereocenters. The highest BCUT2D eigenvalue weighted by atomic mass is 16.1. The molecular formula is C16H19N3O. The van der Waals surface area contributed by atoms with Crippen LogP contribution in [0.5, 0.6) is 0 Å². The number of hydrogen-bond acceptors (Lipinski definition) is 3. The van der Waals surface area contributed by atoms with Crippen LogP contribution in [0.3, 0.4) is 0 Å². The molecule has 0 aliphatic heterocycles. The molecule has 0 saturated heterocycles. The first kappa shape index (κ1) is 14.1. The molecule has 1 aromatic heterocycles. The summed E-state index contributed by atoms with van der Waals surface area (Å²) in [4.78, 5) is 16.2. The molecule has 2 rings (SSSR count). The van der Waals surface area contributed by atoms with Gasteiger partial charge in [-0.25, -0.2) is 4.98 Å². The minimum atomic E-state index is -0.155. The van der Waals surface area contributed by atoms with Crippen molar-refractivity contribution < 1.29 is 4.79 Å².